The van der Waals surface area contributed by atoms with Crippen molar-refractivity contribution in [1.29, 1.82) is 0 Å². The summed E-state index contributed by atoms with van der Waals surface area (Å²) < 4.78 is 0. The summed E-state index contributed by atoms with van der Waals surface area (Å²) in [5, 5.41) is 3.21. The minimum atomic E-state index is 0. The Labute approximate surface area is 210 Å². The Bertz CT molecular complexity index is 531. The van der Waals surface area contributed by atoms with Crippen molar-refractivity contribution >= 4 is 26.5 Å². The van der Waals surface area contributed by atoms with E-state index in [1.807, 2.05) is 0 Å². The number of hydrogen-bond acceptors (Lipinski definition) is 0. The molecule has 0 nitrogen and oxygen atoms in total. The molecule has 0 bridgehead atoms. The Hall–Kier alpha value is -0.0377. The predicted octanol–water partition coefficient (Wildman–Crippen LogP) is 8.79. The van der Waals surface area contributed by atoms with Crippen molar-refractivity contribution < 1.29 is 20.4 Å². The summed E-state index contributed by atoms with van der Waals surface area (Å²) >= 11 is 0. The van der Waals surface area contributed by atoms with Crippen molar-refractivity contribution in [1.82, 2.24) is 0 Å². The van der Waals surface area contributed by atoms with Crippen LogP contribution in [0.3, 0.4) is 0 Å². The van der Waals surface area contributed by atoms with Crippen molar-refractivity contribution in [2.75, 3.05) is 24.6 Å². The molecule has 0 heterocycles. The quantitative estimate of drug-likeness (QED) is 0.163. The monoisotopic (exact) mass is 550 g/mol. The second kappa shape index (κ2) is 21.8. The van der Waals surface area contributed by atoms with Crippen LogP contribution in [-0.2, 0) is 20.4 Å². The third-order valence-corrected chi connectivity index (χ3v) is 10.9. The number of benzene rings is 2. The molecule has 0 aromatic heterocycles. The Morgan fingerprint density at radius 3 is 0.935 bits per heavy atom. The molecule has 0 aliphatic rings. The smallest absolute Gasteiger partial charge is 0 e. The molecule has 0 radical (unpaired) electrons. The number of unbranched alkanes of at least 4 members (excludes halogenated alkanes) is 4. The molecule has 2 rings (SSSR count). The molecular formula is C28H46P2Pd. The molecule has 31 heavy (non-hydrogen) atoms. The SMILES string of the molecule is CCCCP(CCCC)c1ccccc1.CCCCP(CCCC)c1ccccc1.[Pd]. The normalized spacial score (nSPS) is 10.5. The van der Waals surface area contributed by atoms with Gasteiger partial charge < -0.3 is 0 Å². The van der Waals surface area contributed by atoms with Gasteiger partial charge in [0.25, 0.3) is 0 Å². The third kappa shape index (κ3) is 14.7. The van der Waals surface area contributed by atoms with Crippen molar-refractivity contribution in [3.05, 3.63) is 60.7 Å². The Kier molecular flexibility index (Phi) is 21.8. The summed E-state index contributed by atoms with van der Waals surface area (Å²) in [6.07, 6.45) is 16.6. The topological polar surface area (TPSA) is 0 Å². The van der Waals surface area contributed by atoms with E-state index in [4.69, 9.17) is 0 Å². The molecule has 178 valence electrons. The van der Waals surface area contributed by atoms with Gasteiger partial charge in [0, 0.05) is 20.4 Å². The first kappa shape index (κ1) is 31.0. The van der Waals surface area contributed by atoms with Crippen molar-refractivity contribution in [3.63, 3.8) is 0 Å². The van der Waals surface area contributed by atoms with Crippen molar-refractivity contribution in [2.24, 2.45) is 0 Å². The Balaban J connectivity index is 0.000000562. The minimum Gasteiger partial charge on any atom is -0.0753 e. The summed E-state index contributed by atoms with van der Waals surface area (Å²) in [6, 6.07) is 22.2. The van der Waals surface area contributed by atoms with Gasteiger partial charge in [-0.15, -0.1) is 0 Å². The van der Waals surface area contributed by atoms with Gasteiger partial charge in [0.15, 0.2) is 0 Å². The van der Waals surface area contributed by atoms with E-state index >= 15 is 0 Å². The van der Waals surface area contributed by atoms with Crippen molar-refractivity contribution in [3.8, 4) is 0 Å². The molecular weight excluding hydrogens is 505 g/mol. The summed E-state index contributed by atoms with van der Waals surface area (Å²) in [4.78, 5) is 0. The van der Waals surface area contributed by atoms with Gasteiger partial charge in [-0.2, -0.15) is 0 Å². The molecule has 0 spiro atoms. The van der Waals surface area contributed by atoms with Gasteiger partial charge in [-0.05, 0) is 60.9 Å². The fraction of sp³-hybridized carbons (Fsp3) is 0.571. The molecule has 0 fully saturated rings. The summed E-state index contributed by atoms with van der Waals surface area (Å²) in [5.41, 5.74) is 0. The molecule has 0 aliphatic heterocycles. The first-order valence-electron chi connectivity index (χ1n) is 12.4. The fourth-order valence-electron chi connectivity index (χ4n) is 3.41. The van der Waals surface area contributed by atoms with E-state index in [1.54, 1.807) is 10.6 Å². The molecule has 0 unspecified atom stereocenters. The van der Waals surface area contributed by atoms with Crippen LogP contribution in [0.4, 0.5) is 0 Å². The van der Waals surface area contributed by atoms with Crippen LogP contribution in [-0.4, -0.2) is 24.6 Å². The van der Waals surface area contributed by atoms with Crippen LogP contribution in [0.25, 0.3) is 0 Å². The second-order valence-corrected chi connectivity index (χ2v) is 13.0. The van der Waals surface area contributed by atoms with Crippen LogP contribution in [0, 0.1) is 0 Å². The van der Waals surface area contributed by atoms with Crippen LogP contribution >= 0.6 is 15.8 Å². The average Bonchev–Trinajstić information content (AvgIpc) is 2.81. The molecule has 3 heteroatoms. The van der Waals surface area contributed by atoms with Crippen LogP contribution < -0.4 is 10.6 Å². The van der Waals surface area contributed by atoms with Gasteiger partial charge in [0.1, 0.15) is 0 Å². The van der Waals surface area contributed by atoms with Gasteiger partial charge in [0.2, 0.25) is 0 Å². The van der Waals surface area contributed by atoms with Crippen molar-refractivity contribution in [2.45, 2.75) is 79.1 Å². The largest absolute Gasteiger partial charge is 0.0753 e. The maximum Gasteiger partial charge on any atom is 0 e. The van der Waals surface area contributed by atoms with Crippen LogP contribution in [0.1, 0.15) is 79.1 Å². The van der Waals surface area contributed by atoms with E-state index in [0.717, 1.165) is 0 Å². The van der Waals surface area contributed by atoms with E-state index in [9.17, 15) is 0 Å². The van der Waals surface area contributed by atoms with E-state index in [0.29, 0.717) is 0 Å². The minimum absolute atomic E-state index is 0. The summed E-state index contributed by atoms with van der Waals surface area (Å²) in [7, 11) is 0.265. The molecule has 0 saturated carbocycles. The molecule has 2 aromatic rings. The molecule has 0 saturated heterocycles. The Morgan fingerprint density at radius 2 is 0.710 bits per heavy atom. The molecule has 0 amide bonds. The first-order chi connectivity index (χ1) is 14.8. The van der Waals surface area contributed by atoms with Crippen LogP contribution in [0.15, 0.2) is 60.7 Å². The van der Waals surface area contributed by atoms with Gasteiger partial charge in [-0.3, -0.25) is 0 Å². The third-order valence-electron chi connectivity index (χ3n) is 5.37. The standard InChI is InChI=1S/2C14H23P.Pd/c2*1-3-5-12-15(13-6-4-2)14-10-8-7-9-11-14;/h2*7-11H,3-6,12-13H2,1-2H3;. The zero-order valence-electron chi connectivity index (χ0n) is 20.5. The first-order valence-corrected chi connectivity index (χ1v) is 15.8. The van der Waals surface area contributed by atoms with E-state index in [-0.39, 0.29) is 36.3 Å². The summed E-state index contributed by atoms with van der Waals surface area (Å²) in [6.45, 7) is 9.16. The van der Waals surface area contributed by atoms with Crippen LogP contribution in [0.5, 0.6) is 0 Å². The van der Waals surface area contributed by atoms with E-state index in [1.165, 1.54) is 76.0 Å². The second-order valence-electron chi connectivity index (χ2n) is 8.06. The molecule has 0 N–H and O–H groups in total. The predicted molar refractivity (Wildman–Crippen MR) is 145 cm³/mol. The zero-order chi connectivity index (χ0) is 21.9. The van der Waals surface area contributed by atoms with E-state index in [2.05, 4.69) is 88.4 Å². The fourth-order valence-corrected chi connectivity index (χ4v) is 8.87. The van der Waals surface area contributed by atoms with Gasteiger partial charge in [-0.25, -0.2) is 0 Å². The van der Waals surface area contributed by atoms with Gasteiger partial charge in [0.05, 0.1) is 0 Å². The zero-order valence-corrected chi connectivity index (χ0v) is 23.8. The average molecular weight is 551 g/mol. The maximum atomic E-state index is 2.32. The maximum absolute atomic E-state index is 2.32. The van der Waals surface area contributed by atoms with Gasteiger partial charge in [-0.1, -0.05) is 130 Å². The molecule has 0 atom stereocenters. The van der Waals surface area contributed by atoms with E-state index < -0.39 is 0 Å². The van der Waals surface area contributed by atoms with Crippen LogP contribution in [0.2, 0.25) is 0 Å². The number of hydrogen-bond donors (Lipinski definition) is 0. The van der Waals surface area contributed by atoms with Gasteiger partial charge >= 0.3 is 0 Å². The molecule has 2 aromatic carbocycles. The summed E-state index contributed by atoms with van der Waals surface area (Å²) in [5.74, 6) is 0. The molecule has 0 aliphatic carbocycles. The Morgan fingerprint density at radius 1 is 0.452 bits per heavy atom. The number of rotatable bonds is 14.